The van der Waals surface area contributed by atoms with Crippen LogP contribution in [0.2, 0.25) is 0 Å². The third-order valence-electron chi connectivity index (χ3n) is 3.82. The van der Waals surface area contributed by atoms with Crippen molar-refractivity contribution in [2.24, 2.45) is 0 Å². The van der Waals surface area contributed by atoms with Crippen molar-refractivity contribution in [3.63, 3.8) is 0 Å². The minimum Gasteiger partial charge on any atom is -0.395 e. The fourth-order valence-corrected chi connectivity index (χ4v) is 2.69. The van der Waals surface area contributed by atoms with Gasteiger partial charge >= 0.3 is 0 Å². The maximum Gasteiger partial charge on any atom is 0.129 e. The summed E-state index contributed by atoms with van der Waals surface area (Å²) in [5.74, 6) is 0.911. The number of hydrogen-bond acceptors (Lipinski definition) is 3. The molecule has 4 heteroatoms. The molecule has 0 atom stereocenters. The molecule has 2 aromatic carbocycles. The monoisotopic (exact) mass is 328 g/mol. The second-order valence-electron chi connectivity index (χ2n) is 5.45. The van der Waals surface area contributed by atoms with Crippen LogP contribution in [-0.4, -0.2) is 23.2 Å². The summed E-state index contributed by atoms with van der Waals surface area (Å²) in [6.45, 7) is 3.53. The molecule has 3 aromatic rings. The van der Waals surface area contributed by atoms with Crippen LogP contribution in [0.4, 0.5) is 5.82 Å². The van der Waals surface area contributed by atoms with Crippen LogP contribution >= 0.6 is 12.4 Å². The van der Waals surface area contributed by atoms with E-state index in [-0.39, 0.29) is 19.0 Å². The molecule has 0 amide bonds. The van der Waals surface area contributed by atoms with Gasteiger partial charge in [-0.25, -0.2) is 4.98 Å². The van der Waals surface area contributed by atoms with Gasteiger partial charge in [-0.15, -0.1) is 12.4 Å². The molecule has 0 saturated carbocycles. The zero-order valence-electron chi connectivity index (χ0n) is 13.1. The number of pyridine rings is 1. The quantitative estimate of drug-likeness (QED) is 0.770. The van der Waals surface area contributed by atoms with Crippen LogP contribution in [0.3, 0.4) is 0 Å². The Morgan fingerprint density at radius 3 is 2.43 bits per heavy atom. The first-order chi connectivity index (χ1) is 10.8. The van der Waals surface area contributed by atoms with E-state index < -0.39 is 0 Å². The van der Waals surface area contributed by atoms with Gasteiger partial charge in [-0.05, 0) is 30.2 Å². The molecule has 120 valence electrons. The molecule has 1 heterocycles. The summed E-state index contributed by atoms with van der Waals surface area (Å²) >= 11 is 0. The zero-order valence-corrected chi connectivity index (χ0v) is 14.0. The minimum absolute atomic E-state index is 0. The lowest BCUT2D eigenvalue weighted by molar-refractivity contribution is 0.301. The van der Waals surface area contributed by atoms with E-state index in [2.05, 4.69) is 36.1 Å². The topological polar surface area (TPSA) is 36.4 Å². The predicted molar refractivity (Wildman–Crippen MR) is 98.3 cm³/mol. The van der Waals surface area contributed by atoms with Crippen LogP contribution in [0.15, 0.2) is 60.7 Å². The standard InChI is InChI=1S/C19H20N2O.ClH/c1-15-13-19(20-18-10-6-5-9-17(15)18)21(11-12-22)14-16-7-3-2-4-8-16;/h2-10,13,22H,11-12,14H2,1H3;1H. The van der Waals surface area contributed by atoms with Gasteiger partial charge in [0.05, 0.1) is 12.1 Å². The van der Waals surface area contributed by atoms with E-state index in [9.17, 15) is 5.11 Å². The van der Waals surface area contributed by atoms with Crippen molar-refractivity contribution in [3.8, 4) is 0 Å². The summed E-state index contributed by atoms with van der Waals surface area (Å²) in [6.07, 6.45) is 0. The maximum absolute atomic E-state index is 9.39. The number of benzene rings is 2. The van der Waals surface area contributed by atoms with Crippen molar-refractivity contribution >= 4 is 29.1 Å². The molecule has 0 fully saturated rings. The molecule has 1 N–H and O–H groups in total. The summed E-state index contributed by atoms with van der Waals surface area (Å²) in [7, 11) is 0. The van der Waals surface area contributed by atoms with E-state index in [1.165, 1.54) is 16.5 Å². The molecule has 0 saturated heterocycles. The molecule has 0 radical (unpaired) electrons. The number of nitrogens with zero attached hydrogens (tertiary/aromatic N) is 2. The molecule has 0 bridgehead atoms. The number of aliphatic hydroxyl groups excluding tert-OH is 1. The highest BCUT2D eigenvalue weighted by Gasteiger charge is 2.10. The highest BCUT2D eigenvalue weighted by Crippen LogP contribution is 2.23. The number of rotatable bonds is 5. The van der Waals surface area contributed by atoms with Gasteiger partial charge in [-0.1, -0.05) is 48.5 Å². The summed E-state index contributed by atoms with van der Waals surface area (Å²) in [4.78, 5) is 6.89. The Hall–Kier alpha value is -2.10. The Bertz CT molecular complexity index is 762. The molecular formula is C19H21ClN2O. The molecule has 3 rings (SSSR count). The number of hydrogen-bond donors (Lipinski definition) is 1. The molecule has 0 aliphatic carbocycles. The van der Waals surface area contributed by atoms with Gasteiger partial charge in [0, 0.05) is 18.5 Å². The summed E-state index contributed by atoms with van der Waals surface area (Å²) in [5.41, 5.74) is 3.41. The Labute approximate surface area is 143 Å². The van der Waals surface area contributed by atoms with Crippen LogP contribution in [0, 0.1) is 6.92 Å². The van der Waals surface area contributed by atoms with E-state index in [4.69, 9.17) is 4.98 Å². The number of aromatic nitrogens is 1. The summed E-state index contributed by atoms with van der Waals surface area (Å²) < 4.78 is 0. The predicted octanol–water partition coefficient (Wildman–Crippen LogP) is 3.96. The minimum atomic E-state index is 0. The number of halogens is 1. The average Bonchev–Trinajstić information content (AvgIpc) is 2.55. The van der Waals surface area contributed by atoms with Crippen LogP contribution in [0.5, 0.6) is 0 Å². The van der Waals surface area contributed by atoms with Gasteiger partial charge in [-0.2, -0.15) is 0 Å². The molecular weight excluding hydrogens is 308 g/mol. The van der Waals surface area contributed by atoms with Gasteiger partial charge in [0.25, 0.3) is 0 Å². The molecule has 3 nitrogen and oxygen atoms in total. The first kappa shape index (κ1) is 17.3. The van der Waals surface area contributed by atoms with Crippen molar-refractivity contribution in [1.82, 2.24) is 4.98 Å². The molecule has 0 aliphatic heterocycles. The highest BCUT2D eigenvalue weighted by atomic mass is 35.5. The number of aryl methyl sites for hydroxylation is 1. The number of para-hydroxylation sites is 1. The van der Waals surface area contributed by atoms with Crippen LogP contribution in [0.25, 0.3) is 10.9 Å². The average molecular weight is 329 g/mol. The first-order valence-corrected chi connectivity index (χ1v) is 7.54. The van der Waals surface area contributed by atoms with Gasteiger partial charge in [-0.3, -0.25) is 0 Å². The third-order valence-corrected chi connectivity index (χ3v) is 3.82. The van der Waals surface area contributed by atoms with Crippen molar-refractivity contribution in [2.45, 2.75) is 13.5 Å². The van der Waals surface area contributed by atoms with E-state index in [0.717, 1.165) is 17.9 Å². The second-order valence-corrected chi connectivity index (χ2v) is 5.45. The normalized spacial score (nSPS) is 10.3. The number of aliphatic hydroxyl groups is 1. The molecule has 0 aliphatic rings. The van der Waals surface area contributed by atoms with Crippen molar-refractivity contribution < 1.29 is 5.11 Å². The number of fused-ring (bicyclic) bond motifs is 1. The lowest BCUT2D eigenvalue weighted by Crippen LogP contribution is -2.27. The van der Waals surface area contributed by atoms with Crippen LogP contribution < -0.4 is 4.90 Å². The van der Waals surface area contributed by atoms with Gasteiger partial charge in [0.1, 0.15) is 5.82 Å². The van der Waals surface area contributed by atoms with Crippen molar-refractivity contribution in [1.29, 1.82) is 0 Å². The SMILES string of the molecule is Cc1cc(N(CCO)Cc2ccccc2)nc2ccccc12.Cl. The van der Waals surface area contributed by atoms with Gasteiger partial charge < -0.3 is 10.0 Å². The Balaban J connectivity index is 0.00000192. The largest absolute Gasteiger partial charge is 0.395 e. The fourth-order valence-electron chi connectivity index (χ4n) is 2.69. The highest BCUT2D eigenvalue weighted by molar-refractivity contribution is 5.85. The Kier molecular flexibility index (Phi) is 5.97. The fraction of sp³-hybridized carbons (Fsp3) is 0.211. The lowest BCUT2D eigenvalue weighted by atomic mass is 10.1. The molecule has 0 unspecified atom stereocenters. The van der Waals surface area contributed by atoms with Gasteiger partial charge in [0.15, 0.2) is 0 Å². The van der Waals surface area contributed by atoms with E-state index in [1.54, 1.807) is 0 Å². The van der Waals surface area contributed by atoms with Crippen molar-refractivity contribution in [3.05, 3.63) is 71.8 Å². The zero-order chi connectivity index (χ0) is 15.4. The van der Waals surface area contributed by atoms with E-state index in [0.29, 0.717) is 6.54 Å². The lowest BCUT2D eigenvalue weighted by Gasteiger charge is -2.24. The second kappa shape index (κ2) is 7.95. The first-order valence-electron chi connectivity index (χ1n) is 7.54. The molecule has 0 spiro atoms. The number of anilines is 1. The molecule has 1 aromatic heterocycles. The molecule has 23 heavy (non-hydrogen) atoms. The van der Waals surface area contributed by atoms with Crippen LogP contribution in [-0.2, 0) is 6.54 Å². The maximum atomic E-state index is 9.39. The van der Waals surface area contributed by atoms with E-state index in [1.807, 2.05) is 36.4 Å². The van der Waals surface area contributed by atoms with E-state index >= 15 is 0 Å². The summed E-state index contributed by atoms with van der Waals surface area (Å²) in [6, 6.07) is 20.5. The van der Waals surface area contributed by atoms with Crippen molar-refractivity contribution in [2.75, 3.05) is 18.1 Å². The Morgan fingerprint density at radius 2 is 1.70 bits per heavy atom. The van der Waals surface area contributed by atoms with Crippen LogP contribution in [0.1, 0.15) is 11.1 Å². The summed E-state index contributed by atoms with van der Waals surface area (Å²) in [5, 5.41) is 10.6. The third kappa shape index (κ3) is 4.01. The Morgan fingerprint density at radius 1 is 1.00 bits per heavy atom. The van der Waals surface area contributed by atoms with Gasteiger partial charge in [0.2, 0.25) is 0 Å². The smallest absolute Gasteiger partial charge is 0.129 e.